The quantitative estimate of drug-likeness (QED) is 0.603. The Morgan fingerprint density at radius 3 is 2.28 bits per heavy atom. The summed E-state index contributed by atoms with van der Waals surface area (Å²) in [5.41, 5.74) is 0.453. The molecule has 1 atom stereocenters. The predicted octanol–water partition coefficient (Wildman–Crippen LogP) is 2.00. The molecule has 0 aliphatic carbocycles. The molecule has 2 aromatic carbocycles. The summed E-state index contributed by atoms with van der Waals surface area (Å²) >= 11 is 5.74. The lowest BCUT2D eigenvalue weighted by atomic mass is 10.2. The van der Waals surface area contributed by atoms with Crippen LogP contribution in [0.2, 0.25) is 5.02 Å². The Morgan fingerprint density at radius 1 is 1.07 bits per heavy atom. The fourth-order valence-electron chi connectivity index (χ4n) is 2.25. The minimum atomic E-state index is -3.93. The van der Waals surface area contributed by atoms with Crippen LogP contribution in [0.3, 0.4) is 0 Å². The first-order chi connectivity index (χ1) is 13.4. The van der Waals surface area contributed by atoms with E-state index in [1.54, 1.807) is 6.07 Å². The zero-order valence-electron chi connectivity index (χ0n) is 16.0. The molecule has 158 valence electrons. The van der Waals surface area contributed by atoms with Crippen molar-refractivity contribution in [1.82, 2.24) is 9.03 Å². The fraction of sp³-hybridized carbons (Fsp3) is 0.278. The van der Waals surface area contributed by atoms with Crippen LogP contribution in [-0.2, 0) is 36.2 Å². The molecule has 0 radical (unpaired) electrons. The third-order valence-electron chi connectivity index (χ3n) is 3.87. The first-order valence-corrected chi connectivity index (χ1v) is 11.7. The van der Waals surface area contributed by atoms with E-state index < -0.39 is 32.1 Å². The van der Waals surface area contributed by atoms with E-state index in [-0.39, 0.29) is 16.4 Å². The van der Waals surface area contributed by atoms with Crippen molar-refractivity contribution >= 4 is 37.6 Å². The van der Waals surface area contributed by atoms with Gasteiger partial charge in [0.2, 0.25) is 20.0 Å². The number of carbonyl (C=O) groups excluding carboxylic acids is 1. The van der Waals surface area contributed by atoms with Gasteiger partial charge in [0, 0.05) is 19.1 Å². The van der Waals surface area contributed by atoms with Gasteiger partial charge < -0.3 is 4.74 Å². The van der Waals surface area contributed by atoms with Crippen LogP contribution in [0.15, 0.2) is 58.3 Å². The van der Waals surface area contributed by atoms with Gasteiger partial charge in [-0.15, -0.1) is 0 Å². The molecule has 0 aliphatic rings. The molecule has 1 N–H and O–H groups in total. The van der Waals surface area contributed by atoms with Crippen molar-refractivity contribution in [3.05, 3.63) is 59.1 Å². The van der Waals surface area contributed by atoms with E-state index in [2.05, 4.69) is 4.72 Å². The van der Waals surface area contributed by atoms with Crippen LogP contribution in [0.4, 0.5) is 0 Å². The van der Waals surface area contributed by atoms with E-state index in [0.29, 0.717) is 10.6 Å². The molecule has 29 heavy (non-hydrogen) atoms. The number of nitrogens with zero attached hydrogens (tertiary/aromatic N) is 1. The number of ether oxygens (including phenoxy) is 1. The van der Waals surface area contributed by atoms with Crippen molar-refractivity contribution in [2.24, 2.45) is 0 Å². The first-order valence-electron chi connectivity index (χ1n) is 8.39. The summed E-state index contributed by atoms with van der Waals surface area (Å²) < 4.78 is 57.4. The number of sulfonamides is 2. The monoisotopic (exact) mass is 460 g/mol. The van der Waals surface area contributed by atoms with Gasteiger partial charge in [0.1, 0.15) is 12.6 Å². The van der Waals surface area contributed by atoms with Gasteiger partial charge in [0.25, 0.3) is 0 Å². The first kappa shape index (κ1) is 23.3. The van der Waals surface area contributed by atoms with Gasteiger partial charge in [0.05, 0.1) is 9.79 Å². The highest BCUT2D eigenvalue weighted by Gasteiger charge is 2.23. The highest BCUT2D eigenvalue weighted by molar-refractivity contribution is 7.89. The topological polar surface area (TPSA) is 110 Å². The van der Waals surface area contributed by atoms with Crippen molar-refractivity contribution in [3.8, 4) is 0 Å². The van der Waals surface area contributed by atoms with Crippen LogP contribution in [0.1, 0.15) is 12.5 Å². The predicted molar refractivity (Wildman–Crippen MR) is 108 cm³/mol. The highest BCUT2D eigenvalue weighted by atomic mass is 35.5. The van der Waals surface area contributed by atoms with Crippen LogP contribution in [-0.4, -0.2) is 47.2 Å². The Morgan fingerprint density at radius 2 is 1.69 bits per heavy atom. The second kappa shape index (κ2) is 9.23. The van der Waals surface area contributed by atoms with Crippen LogP contribution in [0, 0.1) is 0 Å². The largest absolute Gasteiger partial charge is 0.460 e. The number of nitrogens with one attached hydrogen (secondary N) is 1. The molecule has 1 unspecified atom stereocenters. The molecule has 0 bridgehead atoms. The molecule has 11 heteroatoms. The second-order valence-electron chi connectivity index (χ2n) is 6.34. The number of hydrogen-bond donors (Lipinski definition) is 1. The maximum Gasteiger partial charge on any atom is 0.324 e. The smallest absolute Gasteiger partial charge is 0.324 e. The van der Waals surface area contributed by atoms with Gasteiger partial charge in [-0.3, -0.25) is 4.79 Å². The van der Waals surface area contributed by atoms with Gasteiger partial charge in [-0.05, 0) is 48.9 Å². The molecule has 0 aromatic heterocycles. The number of carbonyl (C=O) groups is 1. The lowest BCUT2D eigenvalue weighted by Gasteiger charge is -2.15. The average molecular weight is 461 g/mol. The lowest BCUT2D eigenvalue weighted by Crippen LogP contribution is -2.39. The highest BCUT2D eigenvalue weighted by Crippen LogP contribution is 2.16. The molecule has 2 aromatic rings. The summed E-state index contributed by atoms with van der Waals surface area (Å²) in [5, 5.41) is 0.384. The standard InChI is InChI=1S/C18H21ClN2O6S2/c1-13(20-28(23,24)16-9-7-15(19)8-10-16)18(22)27-12-14-5-4-6-17(11-14)29(25,26)21(2)3/h4-11,13,20H,12H2,1-3H3. The Labute approximate surface area is 175 Å². The zero-order valence-corrected chi connectivity index (χ0v) is 18.4. The minimum Gasteiger partial charge on any atom is -0.460 e. The zero-order chi connectivity index (χ0) is 21.8. The van der Waals surface area contributed by atoms with E-state index in [0.717, 1.165) is 4.31 Å². The summed E-state index contributed by atoms with van der Waals surface area (Å²) in [7, 11) is -4.73. The van der Waals surface area contributed by atoms with Crippen molar-refractivity contribution in [3.63, 3.8) is 0 Å². The van der Waals surface area contributed by atoms with Crippen molar-refractivity contribution in [2.45, 2.75) is 29.4 Å². The van der Waals surface area contributed by atoms with Crippen molar-refractivity contribution < 1.29 is 26.4 Å². The van der Waals surface area contributed by atoms with Crippen LogP contribution in [0.5, 0.6) is 0 Å². The number of hydrogen-bond acceptors (Lipinski definition) is 6. The maximum absolute atomic E-state index is 12.3. The van der Waals surface area contributed by atoms with Gasteiger partial charge in [0.15, 0.2) is 0 Å². The maximum atomic E-state index is 12.3. The van der Waals surface area contributed by atoms with Crippen LogP contribution in [0.25, 0.3) is 0 Å². The number of esters is 1. The summed E-state index contributed by atoms with van der Waals surface area (Å²) in [5.74, 6) is -0.802. The second-order valence-corrected chi connectivity index (χ2v) is 10.6. The van der Waals surface area contributed by atoms with E-state index in [1.165, 1.54) is 63.5 Å². The molecule has 0 saturated heterocycles. The summed E-state index contributed by atoms with van der Waals surface area (Å²) in [6, 6.07) is 10.3. The summed E-state index contributed by atoms with van der Waals surface area (Å²) in [6.45, 7) is 1.14. The average Bonchev–Trinajstić information content (AvgIpc) is 2.66. The van der Waals surface area contributed by atoms with Gasteiger partial charge in [-0.2, -0.15) is 4.72 Å². The normalized spacial score (nSPS) is 13.3. The molecule has 0 amide bonds. The van der Waals surface area contributed by atoms with E-state index in [4.69, 9.17) is 16.3 Å². The minimum absolute atomic E-state index is 0.0388. The number of rotatable bonds is 8. The Balaban J connectivity index is 2.03. The van der Waals surface area contributed by atoms with Crippen LogP contribution < -0.4 is 4.72 Å². The number of benzene rings is 2. The van der Waals surface area contributed by atoms with Gasteiger partial charge in [-0.1, -0.05) is 23.7 Å². The summed E-state index contributed by atoms with van der Waals surface area (Å²) in [4.78, 5) is 12.2. The van der Waals surface area contributed by atoms with E-state index >= 15 is 0 Å². The molecular formula is C18H21ClN2O6S2. The Hall–Kier alpha value is -1.98. The lowest BCUT2D eigenvalue weighted by molar-refractivity contribution is -0.146. The van der Waals surface area contributed by atoms with Crippen molar-refractivity contribution in [2.75, 3.05) is 14.1 Å². The third kappa shape index (κ3) is 6.00. The molecule has 8 nitrogen and oxygen atoms in total. The molecular weight excluding hydrogens is 440 g/mol. The third-order valence-corrected chi connectivity index (χ3v) is 7.49. The molecule has 0 spiro atoms. The summed E-state index contributed by atoms with van der Waals surface area (Å²) in [6.07, 6.45) is 0. The number of halogens is 1. The van der Waals surface area contributed by atoms with Crippen molar-refractivity contribution in [1.29, 1.82) is 0 Å². The van der Waals surface area contributed by atoms with Crippen LogP contribution >= 0.6 is 11.6 Å². The molecule has 2 rings (SSSR count). The fourth-order valence-corrected chi connectivity index (χ4v) is 4.54. The molecule has 0 fully saturated rings. The Kier molecular flexibility index (Phi) is 7.41. The van der Waals surface area contributed by atoms with Gasteiger partial charge >= 0.3 is 5.97 Å². The van der Waals surface area contributed by atoms with E-state index in [1.807, 2.05) is 0 Å². The SMILES string of the molecule is CC(NS(=O)(=O)c1ccc(Cl)cc1)C(=O)OCc1cccc(S(=O)(=O)N(C)C)c1. The molecule has 0 heterocycles. The molecule has 0 aliphatic heterocycles. The molecule has 0 saturated carbocycles. The van der Waals surface area contributed by atoms with Gasteiger partial charge in [-0.25, -0.2) is 21.1 Å². The van der Waals surface area contributed by atoms with E-state index in [9.17, 15) is 21.6 Å². The Bertz CT molecular complexity index is 1080.